The highest BCUT2D eigenvalue weighted by Gasteiger charge is 2.26. The summed E-state index contributed by atoms with van der Waals surface area (Å²) in [6, 6.07) is 9.88. The Morgan fingerprint density at radius 1 is 1.33 bits per heavy atom. The molecule has 0 spiro atoms. The van der Waals surface area contributed by atoms with Gasteiger partial charge in [0.2, 0.25) is 0 Å². The molecule has 4 heteroatoms. The van der Waals surface area contributed by atoms with Crippen molar-refractivity contribution >= 4 is 8.03 Å². The molecule has 3 nitrogen and oxygen atoms in total. The highest BCUT2D eigenvalue weighted by molar-refractivity contribution is 7.39. The lowest BCUT2D eigenvalue weighted by Gasteiger charge is -2.07. The van der Waals surface area contributed by atoms with Crippen molar-refractivity contribution in [3.8, 4) is 0 Å². The van der Waals surface area contributed by atoms with E-state index >= 15 is 0 Å². The standard InChI is InChI=1S/C11H16O3P/c1-9(8-14-15(13)10(2)12)11-6-4-3-5-7-11/h3-7,9-10,12H,8H2,1-2H3/q+1. The minimum absolute atomic E-state index is 0.184. The molecule has 0 amide bonds. The van der Waals surface area contributed by atoms with Crippen molar-refractivity contribution < 1.29 is 14.2 Å². The first kappa shape index (κ1) is 12.3. The quantitative estimate of drug-likeness (QED) is 0.787. The maximum absolute atomic E-state index is 11.2. The molecule has 82 valence electrons. The van der Waals surface area contributed by atoms with E-state index in [9.17, 15) is 4.57 Å². The number of benzene rings is 1. The molecule has 0 aliphatic rings. The van der Waals surface area contributed by atoms with E-state index < -0.39 is 13.9 Å². The van der Waals surface area contributed by atoms with Crippen molar-refractivity contribution in [2.75, 3.05) is 6.61 Å². The number of aliphatic hydroxyl groups excluding tert-OH is 1. The summed E-state index contributed by atoms with van der Waals surface area (Å²) in [6.07, 6.45) is 0. The van der Waals surface area contributed by atoms with Crippen LogP contribution < -0.4 is 0 Å². The van der Waals surface area contributed by atoms with E-state index in [1.807, 2.05) is 37.3 Å². The SMILES string of the molecule is CC(CO[P+](=O)C(C)O)c1ccccc1. The minimum atomic E-state index is -1.96. The van der Waals surface area contributed by atoms with Crippen molar-refractivity contribution in [2.24, 2.45) is 0 Å². The van der Waals surface area contributed by atoms with E-state index in [0.29, 0.717) is 6.61 Å². The van der Waals surface area contributed by atoms with Crippen LogP contribution in [0, 0.1) is 0 Å². The van der Waals surface area contributed by atoms with Crippen molar-refractivity contribution in [1.82, 2.24) is 0 Å². The van der Waals surface area contributed by atoms with Crippen LogP contribution in [0.25, 0.3) is 0 Å². The fourth-order valence-electron chi connectivity index (χ4n) is 1.17. The van der Waals surface area contributed by atoms with Crippen molar-refractivity contribution in [3.05, 3.63) is 35.9 Å². The van der Waals surface area contributed by atoms with Crippen LogP contribution in [-0.2, 0) is 9.09 Å². The summed E-state index contributed by atoms with van der Waals surface area (Å²) in [5.41, 5.74) is 1.14. The van der Waals surface area contributed by atoms with Crippen molar-refractivity contribution in [1.29, 1.82) is 0 Å². The molecule has 3 unspecified atom stereocenters. The Morgan fingerprint density at radius 3 is 2.47 bits per heavy atom. The summed E-state index contributed by atoms with van der Waals surface area (Å²) in [7, 11) is -1.96. The molecule has 0 saturated carbocycles. The van der Waals surface area contributed by atoms with Crippen LogP contribution in [0.5, 0.6) is 0 Å². The molecule has 0 aromatic heterocycles. The van der Waals surface area contributed by atoms with Crippen LogP contribution in [0.3, 0.4) is 0 Å². The normalized spacial score (nSPS) is 15.8. The van der Waals surface area contributed by atoms with Gasteiger partial charge in [0.1, 0.15) is 6.61 Å². The lowest BCUT2D eigenvalue weighted by Crippen LogP contribution is -2.03. The first-order valence-corrected chi connectivity index (χ1v) is 6.18. The van der Waals surface area contributed by atoms with E-state index in [4.69, 9.17) is 9.63 Å². The van der Waals surface area contributed by atoms with Gasteiger partial charge >= 0.3 is 8.03 Å². The maximum atomic E-state index is 11.2. The molecule has 15 heavy (non-hydrogen) atoms. The van der Waals surface area contributed by atoms with Crippen LogP contribution >= 0.6 is 8.03 Å². The third kappa shape index (κ3) is 4.08. The predicted molar refractivity (Wildman–Crippen MR) is 60.1 cm³/mol. The summed E-state index contributed by atoms with van der Waals surface area (Å²) in [6.45, 7) is 3.83. The van der Waals surface area contributed by atoms with Gasteiger partial charge in [0.25, 0.3) is 5.85 Å². The molecular weight excluding hydrogens is 211 g/mol. The maximum Gasteiger partial charge on any atom is 0.539 e. The van der Waals surface area contributed by atoms with Crippen LogP contribution in [-0.4, -0.2) is 17.6 Å². The molecule has 0 radical (unpaired) electrons. The van der Waals surface area contributed by atoms with Crippen LogP contribution in [0.2, 0.25) is 0 Å². The highest BCUT2D eigenvalue weighted by atomic mass is 31.1. The zero-order chi connectivity index (χ0) is 11.3. The van der Waals surface area contributed by atoms with E-state index in [1.165, 1.54) is 6.92 Å². The molecule has 0 saturated heterocycles. The van der Waals surface area contributed by atoms with Crippen molar-refractivity contribution in [2.45, 2.75) is 25.6 Å². The molecule has 0 aliphatic carbocycles. The zero-order valence-electron chi connectivity index (χ0n) is 8.96. The van der Waals surface area contributed by atoms with Gasteiger partial charge in [-0.15, -0.1) is 4.52 Å². The van der Waals surface area contributed by atoms with Crippen LogP contribution in [0.4, 0.5) is 0 Å². The average molecular weight is 227 g/mol. The highest BCUT2D eigenvalue weighted by Crippen LogP contribution is 2.29. The van der Waals surface area contributed by atoms with Gasteiger partial charge in [-0.05, 0) is 10.1 Å². The summed E-state index contributed by atoms with van der Waals surface area (Å²) in [5.74, 6) is -0.716. The Bertz CT molecular complexity index is 311. The molecule has 1 aromatic carbocycles. The van der Waals surface area contributed by atoms with Gasteiger partial charge in [-0.1, -0.05) is 37.3 Å². The van der Waals surface area contributed by atoms with E-state index in [1.54, 1.807) is 0 Å². The third-order valence-corrected chi connectivity index (χ3v) is 3.14. The average Bonchev–Trinajstić information content (AvgIpc) is 2.26. The van der Waals surface area contributed by atoms with Gasteiger partial charge in [-0.25, -0.2) is 0 Å². The second-order valence-corrected chi connectivity index (χ2v) is 5.10. The molecule has 1 aromatic rings. The Balaban J connectivity index is 2.44. The second kappa shape index (κ2) is 5.96. The molecule has 0 aliphatic heterocycles. The summed E-state index contributed by atoms with van der Waals surface area (Å²) in [4.78, 5) is 0. The third-order valence-electron chi connectivity index (χ3n) is 2.13. The monoisotopic (exact) mass is 227 g/mol. The van der Waals surface area contributed by atoms with E-state index in [2.05, 4.69) is 0 Å². The van der Waals surface area contributed by atoms with Gasteiger partial charge in [0.05, 0.1) is 0 Å². The number of hydrogen-bond donors (Lipinski definition) is 1. The number of rotatable bonds is 5. The van der Waals surface area contributed by atoms with Crippen molar-refractivity contribution in [3.63, 3.8) is 0 Å². The van der Waals surface area contributed by atoms with E-state index in [0.717, 1.165) is 5.56 Å². The Kier molecular flexibility index (Phi) is 4.89. The van der Waals surface area contributed by atoms with Gasteiger partial charge in [0, 0.05) is 12.8 Å². The Hall–Kier alpha value is -0.760. The summed E-state index contributed by atoms with van der Waals surface area (Å²) < 4.78 is 16.2. The predicted octanol–water partition coefficient (Wildman–Crippen LogP) is 2.89. The topological polar surface area (TPSA) is 46.5 Å². The fourth-order valence-corrected chi connectivity index (χ4v) is 1.76. The number of aliphatic hydroxyl groups is 1. The second-order valence-electron chi connectivity index (χ2n) is 3.52. The lowest BCUT2D eigenvalue weighted by molar-refractivity contribution is 0.227. The first-order valence-electron chi connectivity index (χ1n) is 4.93. The molecule has 1 rings (SSSR count). The van der Waals surface area contributed by atoms with Crippen LogP contribution in [0.15, 0.2) is 30.3 Å². The van der Waals surface area contributed by atoms with Gasteiger partial charge in [-0.2, -0.15) is 0 Å². The largest absolute Gasteiger partial charge is 0.539 e. The summed E-state index contributed by atoms with van der Waals surface area (Å²) >= 11 is 0. The first-order chi connectivity index (χ1) is 7.11. The Morgan fingerprint density at radius 2 is 1.93 bits per heavy atom. The molecule has 0 fully saturated rings. The molecule has 0 bridgehead atoms. The minimum Gasteiger partial charge on any atom is -0.349 e. The lowest BCUT2D eigenvalue weighted by atomic mass is 10.0. The molecule has 3 atom stereocenters. The molecule has 0 heterocycles. The molecular formula is C11H16O3P+. The fraction of sp³-hybridized carbons (Fsp3) is 0.455. The summed E-state index contributed by atoms with van der Waals surface area (Å²) in [5, 5.41) is 9.00. The smallest absolute Gasteiger partial charge is 0.349 e. The van der Waals surface area contributed by atoms with E-state index in [-0.39, 0.29) is 5.92 Å². The van der Waals surface area contributed by atoms with Gasteiger partial charge in [-0.3, -0.25) is 0 Å². The molecule has 1 N–H and O–H groups in total. The van der Waals surface area contributed by atoms with Gasteiger partial charge < -0.3 is 5.11 Å². The zero-order valence-corrected chi connectivity index (χ0v) is 9.85. The number of hydrogen-bond acceptors (Lipinski definition) is 3. The Labute approximate surface area is 91.0 Å². The van der Waals surface area contributed by atoms with Crippen LogP contribution in [0.1, 0.15) is 25.3 Å². The van der Waals surface area contributed by atoms with Gasteiger partial charge in [0.15, 0.2) is 0 Å².